The molecule has 0 radical (unpaired) electrons. The second-order valence-corrected chi connectivity index (χ2v) is 20.3. The van der Waals surface area contributed by atoms with Crippen LogP contribution in [0.4, 0.5) is 0 Å². The predicted molar refractivity (Wildman–Crippen MR) is 266 cm³/mol. The molecule has 2 atom stereocenters. The molecule has 8 nitrogen and oxygen atoms in total. The van der Waals surface area contributed by atoms with Crippen LogP contribution in [0.3, 0.4) is 0 Å². The highest BCUT2D eigenvalue weighted by Crippen LogP contribution is 2.43. The summed E-state index contributed by atoms with van der Waals surface area (Å²) in [7, 11) is -4.28. The van der Waals surface area contributed by atoms with Crippen LogP contribution in [0, 0.1) is 0 Å². The molecule has 0 saturated carbocycles. The van der Waals surface area contributed by atoms with E-state index in [1.54, 1.807) is 0 Å². The Hall–Kier alpha value is -0.500. The number of ether oxygens (including phenoxy) is 2. The van der Waals surface area contributed by atoms with Crippen LogP contribution in [0.2, 0.25) is 0 Å². The van der Waals surface area contributed by atoms with E-state index in [0.29, 0.717) is 13.0 Å². The summed E-state index contributed by atoms with van der Waals surface area (Å²) < 4.78 is 33.7. The molecule has 0 aliphatic heterocycles. The van der Waals surface area contributed by atoms with Crippen LogP contribution in [0.25, 0.3) is 0 Å². The minimum atomic E-state index is -4.28. The number of esters is 1. The molecule has 0 aromatic carbocycles. The van der Waals surface area contributed by atoms with E-state index in [2.05, 4.69) is 13.8 Å². The van der Waals surface area contributed by atoms with Crippen molar-refractivity contribution in [2.45, 2.75) is 302 Å². The van der Waals surface area contributed by atoms with Crippen LogP contribution in [0.15, 0.2) is 0 Å². The van der Waals surface area contributed by atoms with E-state index in [0.717, 1.165) is 32.1 Å². The molecule has 0 rings (SSSR count). The molecule has 372 valence electrons. The fourth-order valence-electron chi connectivity index (χ4n) is 8.47. The summed E-state index contributed by atoms with van der Waals surface area (Å²) in [5.41, 5.74) is 5.40. The monoisotopic (exact) mass is 902 g/mol. The molecule has 9 heteroatoms. The van der Waals surface area contributed by atoms with Crippen molar-refractivity contribution in [1.82, 2.24) is 0 Å². The molecule has 0 aliphatic rings. The van der Waals surface area contributed by atoms with Crippen molar-refractivity contribution in [3.63, 3.8) is 0 Å². The maximum atomic E-state index is 12.7. The maximum Gasteiger partial charge on any atom is 0.472 e. The lowest BCUT2D eigenvalue weighted by Gasteiger charge is -2.20. The SMILES string of the molecule is CCCCCCCCCCCCCCCCCCCCCCCCCCC(=O)OC(COCCCCCCCCCCCCCCCCCCCCC)COP(=O)(O)OCCN. The Kier molecular flexibility index (Phi) is 51.1. The molecule has 62 heavy (non-hydrogen) atoms. The zero-order valence-electron chi connectivity index (χ0n) is 41.6. The van der Waals surface area contributed by atoms with Crippen LogP contribution in [0.1, 0.15) is 296 Å². The standard InChI is InChI=1S/C53H108NO7P/c1-3-5-7-9-11-13-15-17-19-21-23-24-25-26-27-28-30-32-34-36-38-40-42-44-46-53(55)61-52(51-60-62(56,57)59-49-47-54)50-58-48-45-43-41-39-37-35-33-31-29-22-20-18-16-14-12-10-8-6-4-2/h52H,3-51,54H2,1-2H3,(H,56,57). The summed E-state index contributed by atoms with van der Waals surface area (Å²) in [5.74, 6) is -0.319. The highest BCUT2D eigenvalue weighted by atomic mass is 31.2. The van der Waals surface area contributed by atoms with Crippen molar-refractivity contribution < 1.29 is 32.8 Å². The van der Waals surface area contributed by atoms with Crippen molar-refractivity contribution in [3.05, 3.63) is 0 Å². The quantitative estimate of drug-likeness (QED) is 0.0352. The molecular weight excluding hydrogens is 794 g/mol. The molecular formula is C53H108NO7P. The number of carbonyl (C=O) groups excluding carboxylic acids is 1. The Morgan fingerprint density at radius 1 is 0.419 bits per heavy atom. The highest BCUT2D eigenvalue weighted by molar-refractivity contribution is 7.47. The number of nitrogens with two attached hydrogens (primary N) is 1. The van der Waals surface area contributed by atoms with E-state index < -0.39 is 13.9 Å². The Bertz CT molecular complexity index is 924. The third-order valence-electron chi connectivity index (χ3n) is 12.5. The largest absolute Gasteiger partial charge is 0.472 e. The van der Waals surface area contributed by atoms with Gasteiger partial charge < -0.3 is 20.1 Å². The summed E-state index contributed by atoms with van der Waals surface area (Å²) in [6.07, 6.45) is 57.2. The van der Waals surface area contributed by atoms with Crippen LogP contribution in [-0.4, -0.2) is 49.9 Å². The Morgan fingerprint density at radius 2 is 0.710 bits per heavy atom. The summed E-state index contributed by atoms with van der Waals surface area (Å²) in [5, 5.41) is 0. The molecule has 0 aromatic heterocycles. The van der Waals surface area contributed by atoms with Crippen LogP contribution < -0.4 is 5.73 Å². The molecule has 2 unspecified atom stereocenters. The average molecular weight is 902 g/mol. The third kappa shape index (κ3) is 50.5. The lowest BCUT2D eigenvalue weighted by molar-refractivity contribution is -0.154. The van der Waals surface area contributed by atoms with Crippen molar-refractivity contribution in [2.75, 3.05) is 33.0 Å². The van der Waals surface area contributed by atoms with Gasteiger partial charge in [-0.25, -0.2) is 4.57 Å². The zero-order valence-corrected chi connectivity index (χ0v) is 42.5. The van der Waals surface area contributed by atoms with Gasteiger partial charge in [-0.05, 0) is 12.8 Å². The van der Waals surface area contributed by atoms with Crippen molar-refractivity contribution >= 4 is 13.8 Å². The first-order chi connectivity index (χ1) is 30.4. The normalized spacial score (nSPS) is 13.2. The fourth-order valence-corrected chi connectivity index (χ4v) is 9.24. The first-order valence-corrected chi connectivity index (χ1v) is 29.0. The smallest absolute Gasteiger partial charge is 0.457 e. The highest BCUT2D eigenvalue weighted by Gasteiger charge is 2.25. The first kappa shape index (κ1) is 61.5. The summed E-state index contributed by atoms with van der Waals surface area (Å²) in [4.78, 5) is 22.6. The van der Waals surface area contributed by atoms with E-state index >= 15 is 0 Å². The lowest BCUT2D eigenvalue weighted by atomic mass is 10.0. The lowest BCUT2D eigenvalue weighted by Crippen LogP contribution is -2.28. The van der Waals surface area contributed by atoms with E-state index in [1.807, 2.05) is 0 Å². The molecule has 0 fully saturated rings. The molecule has 0 amide bonds. The van der Waals surface area contributed by atoms with Crippen molar-refractivity contribution in [2.24, 2.45) is 5.73 Å². The molecule has 0 aliphatic carbocycles. The number of phosphoric acid groups is 1. The minimum Gasteiger partial charge on any atom is -0.457 e. The molecule has 0 saturated heterocycles. The zero-order chi connectivity index (χ0) is 45.1. The van der Waals surface area contributed by atoms with Crippen LogP contribution in [-0.2, 0) is 27.9 Å². The van der Waals surface area contributed by atoms with Gasteiger partial charge in [0.15, 0.2) is 0 Å². The minimum absolute atomic E-state index is 0.0896. The van der Waals surface area contributed by atoms with Gasteiger partial charge in [-0.1, -0.05) is 277 Å². The average Bonchev–Trinajstić information content (AvgIpc) is 3.26. The van der Waals surface area contributed by atoms with Crippen molar-refractivity contribution in [3.8, 4) is 0 Å². The van der Waals surface area contributed by atoms with Gasteiger partial charge in [0.2, 0.25) is 0 Å². The third-order valence-corrected chi connectivity index (χ3v) is 13.5. The number of unbranched alkanes of at least 4 members (excludes halogenated alkanes) is 41. The van der Waals surface area contributed by atoms with Gasteiger partial charge in [-0.15, -0.1) is 0 Å². The van der Waals surface area contributed by atoms with Crippen molar-refractivity contribution in [1.29, 1.82) is 0 Å². The number of rotatable bonds is 54. The van der Waals surface area contributed by atoms with Gasteiger partial charge in [0.25, 0.3) is 0 Å². The number of phosphoric ester groups is 1. The van der Waals surface area contributed by atoms with Gasteiger partial charge in [0.1, 0.15) is 6.10 Å². The predicted octanol–water partition coefficient (Wildman–Crippen LogP) is 17.2. The molecule has 0 heterocycles. The summed E-state index contributed by atoms with van der Waals surface area (Å²) in [6, 6.07) is 0. The van der Waals surface area contributed by atoms with Gasteiger partial charge in [-0.2, -0.15) is 0 Å². The molecule has 0 bridgehead atoms. The van der Waals surface area contributed by atoms with Gasteiger partial charge >= 0.3 is 13.8 Å². The van der Waals surface area contributed by atoms with Gasteiger partial charge in [0, 0.05) is 19.6 Å². The Balaban J connectivity index is 3.83. The Morgan fingerprint density at radius 3 is 1.02 bits per heavy atom. The van der Waals surface area contributed by atoms with Crippen LogP contribution >= 0.6 is 7.82 Å². The van der Waals surface area contributed by atoms with E-state index in [9.17, 15) is 14.3 Å². The molecule has 0 aromatic rings. The van der Waals surface area contributed by atoms with Gasteiger partial charge in [0.05, 0.1) is 19.8 Å². The first-order valence-electron chi connectivity index (χ1n) is 27.5. The molecule has 0 spiro atoms. The number of carbonyl (C=O) groups is 1. The van der Waals surface area contributed by atoms with Crippen LogP contribution in [0.5, 0.6) is 0 Å². The summed E-state index contributed by atoms with van der Waals surface area (Å²) >= 11 is 0. The number of hydrogen-bond acceptors (Lipinski definition) is 7. The van der Waals surface area contributed by atoms with Gasteiger partial charge in [-0.3, -0.25) is 13.8 Å². The van der Waals surface area contributed by atoms with E-state index in [1.165, 1.54) is 244 Å². The summed E-state index contributed by atoms with van der Waals surface area (Å²) in [6.45, 7) is 5.02. The number of hydrogen-bond donors (Lipinski definition) is 2. The second kappa shape index (κ2) is 51.5. The molecule has 3 N–H and O–H groups in total. The second-order valence-electron chi connectivity index (χ2n) is 18.8. The van der Waals surface area contributed by atoms with E-state index in [4.69, 9.17) is 24.3 Å². The topological polar surface area (TPSA) is 117 Å². The maximum absolute atomic E-state index is 12.7. The Labute approximate surface area is 386 Å². The fraction of sp³-hybridized carbons (Fsp3) is 0.981. The van der Waals surface area contributed by atoms with E-state index in [-0.39, 0.29) is 32.3 Å².